The van der Waals surface area contributed by atoms with Crippen LogP contribution in [0.4, 0.5) is 4.39 Å². The molecule has 0 unspecified atom stereocenters. The first kappa shape index (κ1) is 22.2. The van der Waals surface area contributed by atoms with E-state index in [0.29, 0.717) is 0 Å². The van der Waals surface area contributed by atoms with Crippen molar-refractivity contribution in [2.75, 3.05) is 19.3 Å². The molecular formula is C17H24FIN4S2. The molecule has 2 N–H and O–H groups in total. The SMILES string of the molecule is CN=C(NCCCSc1ccc(F)cc1)NCc1sc(C)nc1C.I. The van der Waals surface area contributed by atoms with Crippen LogP contribution in [0.2, 0.25) is 0 Å². The first-order valence-electron chi connectivity index (χ1n) is 7.84. The van der Waals surface area contributed by atoms with E-state index in [1.54, 1.807) is 30.1 Å². The van der Waals surface area contributed by atoms with Crippen LogP contribution in [0, 0.1) is 19.7 Å². The highest BCUT2D eigenvalue weighted by Gasteiger charge is 2.05. The molecule has 8 heteroatoms. The highest BCUT2D eigenvalue weighted by molar-refractivity contribution is 14.0. The lowest BCUT2D eigenvalue weighted by atomic mass is 10.4. The second-order valence-electron chi connectivity index (χ2n) is 5.25. The van der Waals surface area contributed by atoms with Crippen molar-refractivity contribution >= 4 is 53.0 Å². The van der Waals surface area contributed by atoms with Crippen molar-refractivity contribution in [2.45, 2.75) is 31.7 Å². The number of nitrogens with one attached hydrogen (secondary N) is 2. The number of aliphatic imine (C=N–C) groups is 1. The molecule has 0 atom stereocenters. The standard InChI is InChI=1S/C17H23FN4S2.HI/c1-12-16(24-13(2)22-12)11-21-17(19-3)20-9-4-10-23-15-7-5-14(18)6-8-15;/h5-8H,4,9-11H2,1-3H3,(H2,19,20,21);1H. The Balaban J connectivity index is 0.00000312. The van der Waals surface area contributed by atoms with Crippen molar-refractivity contribution < 1.29 is 4.39 Å². The van der Waals surface area contributed by atoms with E-state index in [2.05, 4.69) is 20.6 Å². The maximum atomic E-state index is 12.8. The molecule has 0 bridgehead atoms. The fourth-order valence-corrected chi connectivity index (χ4v) is 3.85. The van der Waals surface area contributed by atoms with Crippen LogP contribution in [0.5, 0.6) is 0 Å². The second-order valence-corrected chi connectivity index (χ2v) is 7.71. The first-order valence-corrected chi connectivity index (χ1v) is 9.64. The normalized spacial score (nSPS) is 11.1. The summed E-state index contributed by atoms with van der Waals surface area (Å²) < 4.78 is 12.8. The lowest BCUT2D eigenvalue weighted by Gasteiger charge is -2.11. The van der Waals surface area contributed by atoms with Gasteiger partial charge in [-0.05, 0) is 50.3 Å². The molecule has 2 aromatic rings. The van der Waals surface area contributed by atoms with Crippen molar-refractivity contribution in [3.8, 4) is 0 Å². The van der Waals surface area contributed by atoms with Crippen LogP contribution < -0.4 is 10.6 Å². The van der Waals surface area contributed by atoms with Crippen molar-refractivity contribution in [2.24, 2.45) is 4.99 Å². The molecule has 1 heterocycles. The monoisotopic (exact) mass is 494 g/mol. The molecule has 0 saturated heterocycles. The fourth-order valence-electron chi connectivity index (χ4n) is 2.12. The Bertz CT molecular complexity index is 674. The number of halogens is 2. The lowest BCUT2D eigenvalue weighted by molar-refractivity contribution is 0.626. The summed E-state index contributed by atoms with van der Waals surface area (Å²) in [5.41, 5.74) is 1.08. The minimum absolute atomic E-state index is 0. The van der Waals surface area contributed by atoms with Gasteiger partial charge in [0, 0.05) is 23.4 Å². The third-order valence-corrected chi connectivity index (χ3v) is 5.51. The van der Waals surface area contributed by atoms with Gasteiger partial charge in [-0.15, -0.1) is 47.1 Å². The smallest absolute Gasteiger partial charge is 0.191 e. The number of thioether (sulfide) groups is 1. The van der Waals surface area contributed by atoms with E-state index in [9.17, 15) is 4.39 Å². The van der Waals surface area contributed by atoms with Gasteiger partial charge < -0.3 is 10.6 Å². The molecule has 0 amide bonds. The largest absolute Gasteiger partial charge is 0.356 e. The molecule has 0 aliphatic heterocycles. The molecule has 0 aliphatic carbocycles. The number of aromatic nitrogens is 1. The maximum Gasteiger partial charge on any atom is 0.191 e. The van der Waals surface area contributed by atoms with Gasteiger partial charge in [-0.1, -0.05) is 0 Å². The van der Waals surface area contributed by atoms with E-state index in [4.69, 9.17) is 0 Å². The van der Waals surface area contributed by atoms with Crippen LogP contribution in [0.1, 0.15) is 22.0 Å². The average Bonchev–Trinajstić information content (AvgIpc) is 2.89. The number of aryl methyl sites for hydroxylation is 2. The van der Waals surface area contributed by atoms with E-state index >= 15 is 0 Å². The number of hydrogen-bond donors (Lipinski definition) is 2. The number of thiazole rings is 1. The average molecular weight is 494 g/mol. The quantitative estimate of drug-likeness (QED) is 0.198. The minimum Gasteiger partial charge on any atom is -0.356 e. The summed E-state index contributed by atoms with van der Waals surface area (Å²) in [6.45, 7) is 5.63. The van der Waals surface area contributed by atoms with E-state index in [1.165, 1.54) is 17.0 Å². The van der Waals surface area contributed by atoms with Crippen molar-refractivity contribution in [3.05, 3.63) is 45.7 Å². The van der Waals surface area contributed by atoms with Crippen LogP contribution in [-0.4, -0.2) is 30.3 Å². The molecule has 0 spiro atoms. The number of nitrogens with zero attached hydrogens (tertiary/aromatic N) is 2. The van der Waals surface area contributed by atoms with Gasteiger partial charge in [0.25, 0.3) is 0 Å². The van der Waals surface area contributed by atoms with Crippen molar-refractivity contribution in [1.29, 1.82) is 0 Å². The van der Waals surface area contributed by atoms with Crippen LogP contribution in [0.15, 0.2) is 34.2 Å². The molecule has 1 aromatic heterocycles. The number of guanidine groups is 1. The van der Waals surface area contributed by atoms with Gasteiger partial charge >= 0.3 is 0 Å². The van der Waals surface area contributed by atoms with Gasteiger partial charge in [0.1, 0.15) is 5.82 Å². The van der Waals surface area contributed by atoms with Gasteiger partial charge in [0.15, 0.2) is 5.96 Å². The summed E-state index contributed by atoms with van der Waals surface area (Å²) in [6, 6.07) is 6.62. The Morgan fingerprint density at radius 2 is 1.96 bits per heavy atom. The summed E-state index contributed by atoms with van der Waals surface area (Å²) in [4.78, 5) is 11.0. The van der Waals surface area contributed by atoms with Gasteiger partial charge in [0.05, 0.1) is 17.2 Å². The predicted octanol–water partition coefficient (Wildman–Crippen LogP) is 4.36. The number of benzene rings is 1. The molecule has 4 nitrogen and oxygen atoms in total. The van der Waals surface area contributed by atoms with Crippen LogP contribution in [-0.2, 0) is 6.54 Å². The topological polar surface area (TPSA) is 49.3 Å². The molecular weight excluding hydrogens is 470 g/mol. The fraction of sp³-hybridized carbons (Fsp3) is 0.412. The van der Waals surface area contributed by atoms with Crippen molar-refractivity contribution in [1.82, 2.24) is 15.6 Å². The molecule has 2 rings (SSSR count). The van der Waals surface area contributed by atoms with Crippen LogP contribution in [0.3, 0.4) is 0 Å². The van der Waals surface area contributed by atoms with E-state index < -0.39 is 0 Å². The Hall–Kier alpha value is -0.870. The van der Waals surface area contributed by atoms with E-state index in [0.717, 1.165) is 46.8 Å². The van der Waals surface area contributed by atoms with E-state index in [-0.39, 0.29) is 29.8 Å². The van der Waals surface area contributed by atoms with Gasteiger partial charge in [-0.3, -0.25) is 4.99 Å². The number of hydrogen-bond acceptors (Lipinski definition) is 4. The molecule has 0 fully saturated rings. The highest BCUT2D eigenvalue weighted by atomic mass is 127. The summed E-state index contributed by atoms with van der Waals surface area (Å²) in [7, 11) is 1.77. The predicted molar refractivity (Wildman–Crippen MR) is 117 cm³/mol. The Kier molecular flexibility index (Phi) is 10.4. The third kappa shape index (κ3) is 7.91. The molecule has 138 valence electrons. The molecule has 25 heavy (non-hydrogen) atoms. The Labute approximate surface area is 174 Å². The zero-order valence-corrected chi connectivity index (χ0v) is 18.6. The highest BCUT2D eigenvalue weighted by Crippen LogP contribution is 2.18. The minimum atomic E-state index is -0.192. The molecule has 1 aromatic carbocycles. The van der Waals surface area contributed by atoms with E-state index in [1.807, 2.05) is 26.0 Å². The second kappa shape index (κ2) is 11.7. The molecule has 0 radical (unpaired) electrons. The van der Waals surface area contributed by atoms with Crippen LogP contribution >= 0.6 is 47.1 Å². The maximum absolute atomic E-state index is 12.8. The molecule has 0 aliphatic rings. The Morgan fingerprint density at radius 3 is 2.56 bits per heavy atom. The summed E-state index contributed by atoms with van der Waals surface area (Å²) in [6.07, 6.45) is 1.00. The lowest BCUT2D eigenvalue weighted by Crippen LogP contribution is -2.37. The number of rotatable bonds is 7. The summed E-state index contributed by atoms with van der Waals surface area (Å²) >= 11 is 3.44. The summed E-state index contributed by atoms with van der Waals surface area (Å²) in [5, 5.41) is 7.71. The zero-order valence-electron chi connectivity index (χ0n) is 14.6. The third-order valence-electron chi connectivity index (χ3n) is 3.34. The first-order chi connectivity index (χ1) is 11.6. The molecule has 0 saturated carbocycles. The van der Waals surface area contributed by atoms with Gasteiger partial charge in [-0.2, -0.15) is 0 Å². The Morgan fingerprint density at radius 1 is 1.24 bits per heavy atom. The summed E-state index contributed by atoms with van der Waals surface area (Å²) in [5.74, 6) is 1.58. The van der Waals surface area contributed by atoms with Gasteiger partial charge in [-0.25, -0.2) is 9.37 Å². The van der Waals surface area contributed by atoms with Crippen molar-refractivity contribution in [3.63, 3.8) is 0 Å². The zero-order chi connectivity index (χ0) is 17.4. The van der Waals surface area contributed by atoms with Crippen LogP contribution in [0.25, 0.3) is 0 Å². The van der Waals surface area contributed by atoms with Gasteiger partial charge in [0.2, 0.25) is 0 Å².